The number of aliphatic hydroxyl groups is 2. The predicted octanol–water partition coefficient (Wildman–Crippen LogP) is 3.09. The van der Waals surface area contributed by atoms with E-state index in [1.54, 1.807) is 37.3 Å². The summed E-state index contributed by atoms with van der Waals surface area (Å²) in [6, 6.07) is 9.21. The van der Waals surface area contributed by atoms with Gasteiger partial charge in [-0.2, -0.15) is 0 Å². The molecule has 1 saturated heterocycles. The molecular formula is C24H31FN2O3S. The van der Waals surface area contributed by atoms with Crippen LogP contribution in [0.5, 0.6) is 5.75 Å². The molecule has 0 aliphatic carbocycles. The normalized spacial score (nSPS) is 17.9. The smallest absolute Gasteiger partial charge is 0.131 e. The van der Waals surface area contributed by atoms with E-state index in [-0.39, 0.29) is 18.5 Å². The van der Waals surface area contributed by atoms with Crippen molar-refractivity contribution in [3.8, 4) is 17.6 Å². The Morgan fingerprint density at radius 3 is 2.71 bits per heavy atom. The first-order valence-corrected chi connectivity index (χ1v) is 11.3. The van der Waals surface area contributed by atoms with Gasteiger partial charge in [0.1, 0.15) is 17.2 Å². The zero-order chi connectivity index (χ0) is 22.4. The highest BCUT2D eigenvalue weighted by molar-refractivity contribution is 7.12. The summed E-state index contributed by atoms with van der Waals surface area (Å²) in [5.41, 5.74) is -0.355. The molecule has 0 amide bonds. The van der Waals surface area contributed by atoms with Crippen LogP contribution < -0.4 is 4.74 Å². The average Bonchev–Trinajstić information content (AvgIpc) is 3.17. The molecule has 3 rings (SSSR count). The lowest BCUT2D eigenvalue weighted by atomic mass is 10.1. The summed E-state index contributed by atoms with van der Waals surface area (Å²) in [7, 11) is 1.53. The molecule has 31 heavy (non-hydrogen) atoms. The van der Waals surface area contributed by atoms with Gasteiger partial charge in [-0.1, -0.05) is 17.9 Å². The molecule has 7 heteroatoms. The number of thiophene rings is 1. The summed E-state index contributed by atoms with van der Waals surface area (Å²) in [6.45, 7) is 7.30. The number of piperazine rings is 1. The Hall–Kier alpha value is -1.95. The Kier molecular flexibility index (Phi) is 8.09. The van der Waals surface area contributed by atoms with Gasteiger partial charge in [0.25, 0.3) is 0 Å². The van der Waals surface area contributed by atoms with Gasteiger partial charge in [0.2, 0.25) is 0 Å². The van der Waals surface area contributed by atoms with Crippen molar-refractivity contribution in [2.24, 2.45) is 0 Å². The Morgan fingerprint density at radius 1 is 1.23 bits per heavy atom. The molecule has 1 aromatic carbocycles. The fraction of sp³-hybridized carbons (Fsp3) is 0.500. The van der Waals surface area contributed by atoms with E-state index in [2.05, 4.69) is 27.7 Å². The Labute approximate surface area is 188 Å². The van der Waals surface area contributed by atoms with E-state index in [4.69, 9.17) is 4.74 Å². The largest absolute Gasteiger partial charge is 0.497 e. The fourth-order valence-corrected chi connectivity index (χ4v) is 4.60. The van der Waals surface area contributed by atoms with E-state index in [1.165, 1.54) is 18.1 Å². The molecule has 1 aromatic heterocycles. The highest BCUT2D eigenvalue weighted by Gasteiger charge is 2.27. The van der Waals surface area contributed by atoms with Crippen LogP contribution >= 0.6 is 11.3 Å². The zero-order valence-electron chi connectivity index (χ0n) is 18.4. The Balaban J connectivity index is 1.62. The first-order valence-electron chi connectivity index (χ1n) is 10.5. The van der Waals surface area contributed by atoms with E-state index in [9.17, 15) is 14.6 Å². The molecule has 0 spiro atoms. The lowest BCUT2D eigenvalue weighted by molar-refractivity contribution is 0.0497. The Bertz CT molecular complexity index is 929. The number of hydrogen-bond donors (Lipinski definition) is 2. The maximum Gasteiger partial charge on any atom is 0.131 e. The molecule has 2 aromatic rings. The van der Waals surface area contributed by atoms with Crippen molar-refractivity contribution in [2.45, 2.75) is 45.0 Å². The van der Waals surface area contributed by atoms with E-state index in [0.29, 0.717) is 24.3 Å². The molecule has 0 bridgehead atoms. The third-order valence-electron chi connectivity index (χ3n) is 5.32. The van der Waals surface area contributed by atoms with Crippen LogP contribution in [0.3, 0.4) is 0 Å². The number of ether oxygens (including phenoxy) is 1. The van der Waals surface area contributed by atoms with Gasteiger partial charge in [-0.05, 0) is 38.5 Å². The maximum absolute atomic E-state index is 14.4. The van der Waals surface area contributed by atoms with Gasteiger partial charge in [0, 0.05) is 61.9 Å². The van der Waals surface area contributed by atoms with Crippen molar-refractivity contribution in [3.63, 3.8) is 0 Å². The number of aliphatic hydroxyl groups excluding tert-OH is 1. The third kappa shape index (κ3) is 7.03. The molecule has 1 unspecified atom stereocenters. The quantitative estimate of drug-likeness (QED) is 0.641. The number of methoxy groups -OCH3 is 1. The molecule has 0 radical (unpaired) electrons. The minimum absolute atomic E-state index is 0.107. The maximum atomic E-state index is 14.4. The van der Waals surface area contributed by atoms with Gasteiger partial charge in [-0.25, -0.2) is 4.39 Å². The molecule has 5 nitrogen and oxygen atoms in total. The van der Waals surface area contributed by atoms with Gasteiger partial charge >= 0.3 is 0 Å². The van der Waals surface area contributed by atoms with Crippen LogP contribution in [0.25, 0.3) is 0 Å². The highest BCUT2D eigenvalue weighted by atomic mass is 32.1. The van der Waals surface area contributed by atoms with Gasteiger partial charge in [-0.15, -0.1) is 11.3 Å². The van der Waals surface area contributed by atoms with E-state index in [0.717, 1.165) is 31.1 Å². The number of hydrogen-bond acceptors (Lipinski definition) is 6. The predicted molar refractivity (Wildman–Crippen MR) is 122 cm³/mol. The van der Waals surface area contributed by atoms with Crippen LogP contribution in [0.4, 0.5) is 4.39 Å². The minimum Gasteiger partial charge on any atom is -0.497 e. The van der Waals surface area contributed by atoms with Gasteiger partial charge in [-0.3, -0.25) is 9.80 Å². The molecule has 1 atom stereocenters. The molecule has 2 N–H and O–H groups in total. The van der Waals surface area contributed by atoms with Crippen LogP contribution in [0.1, 0.15) is 35.6 Å². The van der Waals surface area contributed by atoms with Crippen LogP contribution in [0.2, 0.25) is 0 Å². The summed E-state index contributed by atoms with van der Waals surface area (Å²) in [5, 5.41) is 19.3. The molecule has 1 fully saturated rings. The first-order chi connectivity index (χ1) is 14.8. The second-order valence-corrected chi connectivity index (χ2v) is 9.57. The van der Waals surface area contributed by atoms with Gasteiger partial charge in [0.15, 0.2) is 0 Å². The number of rotatable bonds is 7. The number of benzene rings is 1. The summed E-state index contributed by atoms with van der Waals surface area (Å²) in [6.07, 6.45) is 0.654. The molecule has 168 valence electrons. The SMILES string of the molecule is COc1ccc(CN2CCN(Cc3ccc(C#CC(C)(C)O)s3)CC2CCO)c(F)c1. The van der Waals surface area contributed by atoms with E-state index in [1.807, 2.05) is 6.07 Å². The Morgan fingerprint density at radius 2 is 2.03 bits per heavy atom. The van der Waals surface area contributed by atoms with Crippen molar-refractivity contribution in [3.05, 3.63) is 51.5 Å². The molecule has 1 aliphatic heterocycles. The average molecular weight is 447 g/mol. The molecule has 1 aliphatic rings. The van der Waals surface area contributed by atoms with Gasteiger partial charge < -0.3 is 14.9 Å². The molecule has 0 saturated carbocycles. The number of halogens is 1. The summed E-state index contributed by atoms with van der Waals surface area (Å²) >= 11 is 1.64. The topological polar surface area (TPSA) is 56.2 Å². The summed E-state index contributed by atoms with van der Waals surface area (Å²) in [5.74, 6) is 6.14. The zero-order valence-corrected chi connectivity index (χ0v) is 19.2. The number of nitrogens with zero attached hydrogens (tertiary/aromatic N) is 2. The molecular weight excluding hydrogens is 415 g/mol. The second kappa shape index (κ2) is 10.6. The second-order valence-electron chi connectivity index (χ2n) is 8.40. The van der Waals surface area contributed by atoms with Crippen LogP contribution in [0.15, 0.2) is 30.3 Å². The third-order valence-corrected chi connectivity index (χ3v) is 6.30. The van der Waals surface area contributed by atoms with Crippen LogP contribution in [-0.2, 0) is 13.1 Å². The summed E-state index contributed by atoms with van der Waals surface area (Å²) in [4.78, 5) is 6.79. The standard InChI is InChI=1S/C24H31FN2O3S/c1-24(2,29)10-8-21-6-7-22(31-21)17-26-11-12-27(19(16-26)9-13-28)15-18-4-5-20(30-3)14-23(18)25/h4-7,14,19,28-29H,9,11-13,15-17H2,1-3H3. The first kappa shape index (κ1) is 23.7. The monoisotopic (exact) mass is 446 g/mol. The van der Waals surface area contributed by atoms with Crippen molar-refractivity contribution in [1.29, 1.82) is 0 Å². The van der Waals surface area contributed by atoms with Crippen LogP contribution in [-0.4, -0.2) is 65.0 Å². The van der Waals surface area contributed by atoms with Crippen molar-refractivity contribution in [2.75, 3.05) is 33.4 Å². The van der Waals surface area contributed by atoms with Crippen molar-refractivity contribution >= 4 is 11.3 Å². The highest BCUT2D eigenvalue weighted by Crippen LogP contribution is 2.24. The lowest BCUT2D eigenvalue weighted by Gasteiger charge is -2.41. The molecule has 2 heterocycles. The van der Waals surface area contributed by atoms with E-state index < -0.39 is 5.60 Å². The van der Waals surface area contributed by atoms with Gasteiger partial charge in [0.05, 0.1) is 12.0 Å². The van der Waals surface area contributed by atoms with Crippen molar-refractivity contribution < 1.29 is 19.3 Å². The van der Waals surface area contributed by atoms with Crippen molar-refractivity contribution in [1.82, 2.24) is 9.80 Å². The lowest BCUT2D eigenvalue weighted by Crippen LogP contribution is -2.52. The fourth-order valence-electron chi connectivity index (χ4n) is 3.70. The van der Waals surface area contributed by atoms with Crippen LogP contribution in [0, 0.1) is 17.7 Å². The minimum atomic E-state index is -0.999. The van der Waals surface area contributed by atoms with E-state index >= 15 is 0 Å². The summed E-state index contributed by atoms with van der Waals surface area (Å²) < 4.78 is 19.5.